The van der Waals surface area contributed by atoms with Gasteiger partial charge in [-0.2, -0.15) is 0 Å². The predicted octanol–water partition coefficient (Wildman–Crippen LogP) is 7.77. The number of benzene rings is 2. The Kier molecular flexibility index (Phi) is 9.38. The molecule has 1 heteroatoms. The van der Waals surface area contributed by atoms with Gasteiger partial charge >= 0.3 is 0 Å². The van der Waals surface area contributed by atoms with Crippen LogP contribution in [0.1, 0.15) is 91.1 Å². The van der Waals surface area contributed by atoms with E-state index in [9.17, 15) is 4.79 Å². The molecular weight excluding hydrogens is 352 g/mol. The first-order chi connectivity index (χ1) is 14.0. The number of carbonyl (C=O) groups is 1. The highest BCUT2D eigenvalue weighted by Crippen LogP contribution is 2.22. The number of hydrogen-bond acceptors (Lipinski definition) is 1. The van der Waals surface area contributed by atoms with E-state index in [1.807, 2.05) is 18.2 Å². The van der Waals surface area contributed by atoms with Gasteiger partial charge in [-0.1, -0.05) is 95.5 Å². The summed E-state index contributed by atoms with van der Waals surface area (Å²) in [6, 6.07) is 12.7. The molecule has 1 nitrogen and oxygen atoms in total. The first-order valence-electron chi connectivity index (χ1n) is 11.4. The van der Waals surface area contributed by atoms with Crippen molar-refractivity contribution < 1.29 is 4.79 Å². The molecule has 0 unspecified atom stereocenters. The van der Waals surface area contributed by atoms with Crippen LogP contribution in [0.2, 0.25) is 0 Å². The van der Waals surface area contributed by atoms with E-state index in [1.165, 1.54) is 36.8 Å². The summed E-state index contributed by atoms with van der Waals surface area (Å²) < 4.78 is 0. The van der Waals surface area contributed by atoms with Crippen molar-refractivity contribution in [2.24, 2.45) is 5.92 Å². The maximum atomic E-state index is 13.0. The van der Waals surface area contributed by atoms with E-state index in [4.69, 9.17) is 0 Å². The van der Waals surface area contributed by atoms with Crippen LogP contribution in [0.4, 0.5) is 0 Å². The average Bonchev–Trinajstić information content (AvgIpc) is 2.72. The fraction of sp³-hybridized carbons (Fsp3) is 0.464. The molecule has 0 saturated carbocycles. The molecule has 0 bridgehead atoms. The van der Waals surface area contributed by atoms with Gasteiger partial charge in [0.25, 0.3) is 0 Å². The van der Waals surface area contributed by atoms with Crippen LogP contribution in [0.3, 0.4) is 0 Å². The van der Waals surface area contributed by atoms with E-state index in [2.05, 4.69) is 58.5 Å². The number of carbonyl (C=O) groups excluding carboxylic acids is 1. The summed E-state index contributed by atoms with van der Waals surface area (Å²) in [4.78, 5) is 13.0. The summed E-state index contributed by atoms with van der Waals surface area (Å²) in [5.41, 5.74) is 6.95. The summed E-state index contributed by atoms with van der Waals surface area (Å²) in [5.74, 6) is 1.04. The third-order valence-electron chi connectivity index (χ3n) is 6.05. The van der Waals surface area contributed by atoms with Gasteiger partial charge in [0.1, 0.15) is 0 Å². The van der Waals surface area contributed by atoms with Crippen LogP contribution in [-0.2, 0) is 19.3 Å². The van der Waals surface area contributed by atoms with Gasteiger partial charge in [0.05, 0.1) is 0 Å². The SMILES string of the molecule is C=Cc1ccc(C(=O)Cc2ccc(CC[C@H](CC)CCC)c(C)c2)c(CCC)c1. The molecule has 0 heterocycles. The van der Waals surface area contributed by atoms with Crippen molar-refractivity contribution in [2.75, 3.05) is 0 Å². The lowest BCUT2D eigenvalue weighted by molar-refractivity contribution is 0.0992. The molecule has 0 N–H and O–H groups in total. The second-order valence-electron chi connectivity index (χ2n) is 8.33. The summed E-state index contributed by atoms with van der Waals surface area (Å²) in [7, 11) is 0. The van der Waals surface area contributed by atoms with E-state index in [1.54, 1.807) is 0 Å². The zero-order chi connectivity index (χ0) is 21.2. The molecule has 0 amide bonds. The van der Waals surface area contributed by atoms with Gasteiger partial charge in [0.2, 0.25) is 0 Å². The fourth-order valence-electron chi connectivity index (χ4n) is 4.24. The number of rotatable bonds is 12. The zero-order valence-electron chi connectivity index (χ0n) is 18.9. The normalized spacial score (nSPS) is 12.0. The van der Waals surface area contributed by atoms with Gasteiger partial charge in [0, 0.05) is 12.0 Å². The molecule has 0 spiro atoms. The van der Waals surface area contributed by atoms with Crippen LogP contribution in [-0.4, -0.2) is 5.78 Å². The molecule has 0 radical (unpaired) electrons. The highest BCUT2D eigenvalue weighted by atomic mass is 16.1. The van der Waals surface area contributed by atoms with Gasteiger partial charge in [0.15, 0.2) is 5.78 Å². The minimum Gasteiger partial charge on any atom is -0.294 e. The van der Waals surface area contributed by atoms with Crippen molar-refractivity contribution >= 4 is 11.9 Å². The minimum absolute atomic E-state index is 0.213. The Morgan fingerprint density at radius 2 is 1.76 bits per heavy atom. The smallest absolute Gasteiger partial charge is 0.167 e. The second-order valence-corrected chi connectivity index (χ2v) is 8.33. The summed E-state index contributed by atoms with van der Waals surface area (Å²) in [5, 5.41) is 0. The van der Waals surface area contributed by atoms with Crippen molar-refractivity contribution in [2.45, 2.75) is 79.1 Å². The Morgan fingerprint density at radius 1 is 0.966 bits per heavy atom. The molecule has 0 aliphatic rings. The Morgan fingerprint density at radius 3 is 2.38 bits per heavy atom. The maximum Gasteiger partial charge on any atom is 0.167 e. The summed E-state index contributed by atoms with van der Waals surface area (Å²) >= 11 is 0. The molecule has 2 aromatic carbocycles. The van der Waals surface area contributed by atoms with Gasteiger partial charge < -0.3 is 0 Å². The summed E-state index contributed by atoms with van der Waals surface area (Å²) in [6.45, 7) is 12.8. The van der Waals surface area contributed by atoms with E-state index in [0.29, 0.717) is 6.42 Å². The Hall–Kier alpha value is -2.15. The lowest BCUT2D eigenvalue weighted by atomic mass is 9.90. The van der Waals surface area contributed by atoms with E-state index in [-0.39, 0.29) is 5.78 Å². The van der Waals surface area contributed by atoms with Crippen molar-refractivity contribution in [3.63, 3.8) is 0 Å². The zero-order valence-corrected chi connectivity index (χ0v) is 18.9. The van der Waals surface area contributed by atoms with Crippen LogP contribution in [0.25, 0.3) is 6.08 Å². The molecule has 0 saturated heterocycles. The van der Waals surface area contributed by atoms with Crippen LogP contribution in [0, 0.1) is 12.8 Å². The van der Waals surface area contributed by atoms with Gasteiger partial charge in [-0.05, 0) is 59.9 Å². The first kappa shape index (κ1) is 23.1. The minimum atomic E-state index is 0.213. The first-order valence-corrected chi connectivity index (χ1v) is 11.4. The number of aryl methyl sites for hydroxylation is 3. The third-order valence-corrected chi connectivity index (χ3v) is 6.05. The van der Waals surface area contributed by atoms with Gasteiger partial charge in [-0.3, -0.25) is 4.79 Å². The van der Waals surface area contributed by atoms with Crippen LogP contribution >= 0.6 is 0 Å². The quantitative estimate of drug-likeness (QED) is 0.338. The molecule has 0 aliphatic heterocycles. The Bertz CT molecular complexity index is 815. The molecule has 2 rings (SSSR count). The molecule has 2 aromatic rings. The van der Waals surface area contributed by atoms with Crippen molar-refractivity contribution in [3.8, 4) is 0 Å². The van der Waals surface area contributed by atoms with Crippen molar-refractivity contribution in [1.82, 2.24) is 0 Å². The number of ketones is 1. The highest BCUT2D eigenvalue weighted by molar-refractivity contribution is 5.99. The average molecular weight is 391 g/mol. The standard InChI is InChI=1S/C28H38O/c1-6-10-22(8-3)12-15-25-16-13-24(18-21(25)5)20-28(29)27-17-14-23(9-4)19-26(27)11-7-2/h9,13-14,16-19,22H,4,6-8,10-12,15,20H2,1-3,5H3/t22-/m1/s1. The maximum absolute atomic E-state index is 13.0. The van der Waals surface area contributed by atoms with Crippen molar-refractivity contribution in [1.29, 1.82) is 0 Å². The molecular formula is C28H38O. The lowest BCUT2D eigenvalue weighted by Gasteiger charge is -2.15. The molecule has 156 valence electrons. The Labute approximate surface area is 178 Å². The largest absolute Gasteiger partial charge is 0.294 e. The van der Waals surface area contributed by atoms with Crippen LogP contribution in [0.5, 0.6) is 0 Å². The fourth-order valence-corrected chi connectivity index (χ4v) is 4.24. The van der Waals surface area contributed by atoms with Crippen molar-refractivity contribution in [3.05, 3.63) is 76.4 Å². The molecule has 1 atom stereocenters. The predicted molar refractivity (Wildman–Crippen MR) is 127 cm³/mol. The third kappa shape index (κ3) is 6.70. The van der Waals surface area contributed by atoms with Gasteiger partial charge in [-0.25, -0.2) is 0 Å². The van der Waals surface area contributed by atoms with Crippen LogP contribution in [0.15, 0.2) is 43.0 Å². The van der Waals surface area contributed by atoms with E-state index < -0.39 is 0 Å². The molecule has 0 aliphatic carbocycles. The lowest BCUT2D eigenvalue weighted by Crippen LogP contribution is -2.08. The number of Topliss-reactive ketones (excluding diaryl/α,β-unsaturated/α-hetero) is 1. The summed E-state index contributed by atoms with van der Waals surface area (Å²) in [6.07, 6.45) is 10.5. The molecule has 29 heavy (non-hydrogen) atoms. The Balaban J connectivity index is 2.09. The highest BCUT2D eigenvalue weighted by Gasteiger charge is 2.13. The second kappa shape index (κ2) is 11.8. The number of hydrogen-bond donors (Lipinski definition) is 0. The van der Waals surface area contributed by atoms with Crippen LogP contribution < -0.4 is 0 Å². The topological polar surface area (TPSA) is 17.1 Å². The molecule has 0 fully saturated rings. The monoisotopic (exact) mass is 390 g/mol. The molecule has 0 aromatic heterocycles. The van der Waals surface area contributed by atoms with Gasteiger partial charge in [-0.15, -0.1) is 0 Å². The van der Waals surface area contributed by atoms with E-state index >= 15 is 0 Å². The van der Waals surface area contributed by atoms with E-state index in [0.717, 1.165) is 47.4 Å².